The topological polar surface area (TPSA) is 88.5 Å². The number of benzene rings is 1. The van der Waals surface area contributed by atoms with Gasteiger partial charge in [-0.2, -0.15) is 13.2 Å². The molecule has 0 saturated carbocycles. The molecule has 0 fully saturated rings. The Hall–Kier alpha value is -2.59. The number of nitrogens with zero attached hydrogens (tertiary/aromatic N) is 2. The van der Waals surface area contributed by atoms with Crippen molar-refractivity contribution in [1.29, 1.82) is 0 Å². The Balaban J connectivity index is 1.62. The predicted molar refractivity (Wildman–Crippen MR) is 92.9 cm³/mol. The molecular formula is C17H21F3N4O3. The van der Waals surface area contributed by atoms with Crippen molar-refractivity contribution in [3.8, 4) is 11.5 Å². The number of ether oxygens (including phenoxy) is 2. The lowest BCUT2D eigenvalue weighted by molar-refractivity contribution is -0.141. The second-order valence-corrected chi connectivity index (χ2v) is 5.53. The van der Waals surface area contributed by atoms with E-state index in [2.05, 4.69) is 20.6 Å². The molecule has 3 N–H and O–H groups in total. The number of rotatable bonds is 10. The molecule has 2 rings (SSSR count). The van der Waals surface area contributed by atoms with E-state index in [1.807, 2.05) is 0 Å². The van der Waals surface area contributed by atoms with Crippen LogP contribution < -0.4 is 20.1 Å². The molecule has 0 amide bonds. The van der Waals surface area contributed by atoms with Gasteiger partial charge in [0.05, 0.1) is 7.11 Å². The summed E-state index contributed by atoms with van der Waals surface area (Å²) in [5.74, 6) is 1.22. The van der Waals surface area contributed by atoms with Crippen LogP contribution in [-0.2, 0) is 6.18 Å². The van der Waals surface area contributed by atoms with Gasteiger partial charge in [-0.1, -0.05) is 0 Å². The van der Waals surface area contributed by atoms with Gasteiger partial charge in [-0.25, -0.2) is 9.97 Å². The van der Waals surface area contributed by atoms with E-state index < -0.39 is 18.0 Å². The van der Waals surface area contributed by atoms with Gasteiger partial charge in [0.2, 0.25) is 5.95 Å². The zero-order valence-corrected chi connectivity index (χ0v) is 14.7. The molecule has 1 aromatic carbocycles. The Kier molecular flexibility index (Phi) is 7.62. The summed E-state index contributed by atoms with van der Waals surface area (Å²) in [6.45, 7) is 1.07. The SMILES string of the molecule is COc1ccc(OC[C@@H](O)CNCCNc2nccc(C(F)(F)F)n2)cc1. The van der Waals surface area contributed by atoms with Crippen LogP contribution in [0.1, 0.15) is 5.69 Å². The fraction of sp³-hybridized carbons (Fsp3) is 0.412. The quantitative estimate of drug-likeness (QED) is 0.538. The number of nitrogens with one attached hydrogen (secondary N) is 2. The molecule has 148 valence electrons. The molecule has 1 aromatic heterocycles. The lowest BCUT2D eigenvalue weighted by Gasteiger charge is -2.14. The van der Waals surface area contributed by atoms with Crippen LogP contribution in [0.2, 0.25) is 0 Å². The monoisotopic (exact) mass is 386 g/mol. The minimum absolute atomic E-state index is 0.101. The average Bonchev–Trinajstić information content (AvgIpc) is 2.66. The Morgan fingerprint density at radius 2 is 1.81 bits per heavy atom. The predicted octanol–water partition coefficient (Wildman–Crippen LogP) is 1.95. The Morgan fingerprint density at radius 3 is 2.48 bits per heavy atom. The Bertz CT molecular complexity index is 699. The van der Waals surface area contributed by atoms with E-state index in [4.69, 9.17) is 9.47 Å². The first-order valence-electron chi connectivity index (χ1n) is 8.18. The molecule has 0 saturated heterocycles. The van der Waals surface area contributed by atoms with E-state index in [-0.39, 0.29) is 19.1 Å². The van der Waals surface area contributed by atoms with Gasteiger partial charge in [-0.3, -0.25) is 0 Å². The smallest absolute Gasteiger partial charge is 0.433 e. The summed E-state index contributed by atoms with van der Waals surface area (Å²) in [6.07, 6.45) is -4.20. The van der Waals surface area contributed by atoms with E-state index in [1.54, 1.807) is 31.4 Å². The summed E-state index contributed by atoms with van der Waals surface area (Å²) < 4.78 is 48.2. The minimum Gasteiger partial charge on any atom is -0.497 e. The number of alkyl halides is 3. The second-order valence-electron chi connectivity index (χ2n) is 5.53. The number of aromatic nitrogens is 2. The molecule has 1 atom stereocenters. The second kappa shape index (κ2) is 9.93. The van der Waals surface area contributed by atoms with Crippen molar-refractivity contribution in [2.45, 2.75) is 12.3 Å². The zero-order valence-electron chi connectivity index (χ0n) is 14.7. The van der Waals surface area contributed by atoms with Crippen molar-refractivity contribution >= 4 is 5.95 Å². The van der Waals surface area contributed by atoms with Crippen LogP contribution in [0.15, 0.2) is 36.5 Å². The van der Waals surface area contributed by atoms with Crippen molar-refractivity contribution in [3.63, 3.8) is 0 Å². The van der Waals surface area contributed by atoms with Gasteiger partial charge in [-0.05, 0) is 30.3 Å². The summed E-state index contributed by atoms with van der Waals surface area (Å²) >= 11 is 0. The van der Waals surface area contributed by atoms with Gasteiger partial charge >= 0.3 is 6.18 Å². The third-order valence-corrected chi connectivity index (χ3v) is 3.41. The Labute approximate surface area is 154 Å². The molecule has 0 unspecified atom stereocenters. The molecule has 0 aliphatic carbocycles. The number of aliphatic hydroxyl groups is 1. The van der Waals surface area contributed by atoms with Crippen molar-refractivity contribution in [3.05, 3.63) is 42.2 Å². The molecule has 27 heavy (non-hydrogen) atoms. The van der Waals surface area contributed by atoms with E-state index in [0.717, 1.165) is 12.3 Å². The summed E-state index contributed by atoms with van der Waals surface area (Å²) in [4.78, 5) is 7.13. The first kappa shape index (κ1) is 20.7. The van der Waals surface area contributed by atoms with Crippen LogP contribution in [0.5, 0.6) is 11.5 Å². The molecule has 10 heteroatoms. The van der Waals surface area contributed by atoms with Crippen molar-refractivity contribution in [2.24, 2.45) is 0 Å². The molecule has 0 bridgehead atoms. The molecule has 0 aliphatic heterocycles. The number of halogens is 3. The number of anilines is 1. The first-order chi connectivity index (χ1) is 12.9. The lowest BCUT2D eigenvalue weighted by Crippen LogP contribution is -2.34. The fourth-order valence-electron chi connectivity index (χ4n) is 2.06. The van der Waals surface area contributed by atoms with E-state index in [0.29, 0.717) is 24.6 Å². The molecular weight excluding hydrogens is 365 g/mol. The van der Waals surface area contributed by atoms with Gasteiger partial charge < -0.3 is 25.2 Å². The highest BCUT2D eigenvalue weighted by atomic mass is 19.4. The maximum atomic E-state index is 12.6. The maximum absolute atomic E-state index is 12.6. The minimum atomic E-state index is -4.51. The van der Waals surface area contributed by atoms with Crippen LogP contribution in [0.25, 0.3) is 0 Å². The zero-order chi connectivity index (χ0) is 19.7. The van der Waals surface area contributed by atoms with Crippen molar-refractivity contribution in [2.75, 3.05) is 38.7 Å². The number of hydrogen-bond acceptors (Lipinski definition) is 7. The molecule has 0 aliphatic rings. The largest absolute Gasteiger partial charge is 0.497 e. The summed E-state index contributed by atoms with van der Waals surface area (Å²) in [5, 5.41) is 15.5. The number of hydrogen-bond donors (Lipinski definition) is 3. The normalized spacial score (nSPS) is 12.5. The molecule has 7 nitrogen and oxygen atoms in total. The van der Waals surface area contributed by atoms with E-state index >= 15 is 0 Å². The van der Waals surface area contributed by atoms with Crippen LogP contribution in [0.4, 0.5) is 19.1 Å². The van der Waals surface area contributed by atoms with Crippen LogP contribution in [0.3, 0.4) is 0 Å². The highest BCUT2D eigenvalue weighted by Gasteiger charge is 2.32. The maximum Gasteiger partial charge on any atom is 0.433 e. The lowest BCUT2D eigenvalue weighted by atomic mass is 10.3. The summed E-state index contributed by atoms with van der Waals surface area (Å²) in [5.41, 5.74) is -1.00. The van der Waals surface area contributed by atoms with Crippen LogP contribution in [-0.4, -0.2) is 54.5 Å². The molecule has 0 spiro atoms. The third-order valence-electron chi connectivity index (χ3n) is 3.41. The van der Waals surface area contributed by atoms with Crippen molar-refractivity contribution < 1.29 is 27.8 Å². The Morgan fingerprint density at radius 1 is 1.11 bits per heavy atom. The van der Waals surface area contributed by atoms with Gasteiger partial charge in [0.15, 0.2) is 0 Å². The molecule has 1 heterocycles. The van der Waals surface area contributed by atoms with E-state index in [1.165, 1.54) is 0 Å². The number of methoxy groups -OCH3 is 1. The van der Waals surface area contributed by atoms with E-state index in [9.17, 15) is 18.3 Å². The molecule has 2 aromatic rings. The number of aliphatic hydroxyl groups excluding tert-OH is 1. The average molecular weight is 386 g/mol. The van der Waals surface area contributed by atoms with Gasteiger partial charge in [0.25, 0.3) is 0 Å². The van der Waals surface area contributed by atoms with Gasteiger partial charge in [-0.15, -0.1) is 0 Å². The standard InChI is InChI=1S/C17H21F3N4O3/c1-26-13-2-4-14(5-3-13)27-11-12(25)10-21-8-9-23-16-22-7-6-15(24-16)17(18,19)20/h2-7,12,21,25H,8-11H2,1H3,(H,22,23,24)/t12-/m0/s1. The third kappa shape index (κ3) is 7.27. The summed E-state index contributed by atoms with van der Waals surface area (Å²) in [6, 6.07) is 7.78. The highest BCUT2D eigenvalue weighted by Crippen LogP contribution is 2.27. The molecule has 0 radical (unpaired) electrons. The summed E-state index contributed by atoms with van der Waals surface area (Å²) in [7, 11) is 1.57. The van der Waals surface area contributed by atoms with Crippen molar-refractivity contribution in [1.82, 2.24) is 15.3 Å². The fourth-order valence-corrected chi connectivity index (χ4v) is 2.06. The van der Waals surface area contributed by atoms with Crippen LogP contribution >= 0.6 is 0 Å². The first-order valence-corrected chi connectivity index (χ1v) is 8.18. The van der Waals surface area contributed by atoms with Gasteiger partial charge in [0.1, 0.15) is 29.9 Å². The van der Waals surface area contributed by atoms with Crippen LogP contribution in [0, 0.1) is 0 Å². The van der Waals surface area contributed by atoms with Gasteiger partial charge in [0, 0.05) is 25.8 Å². The highest BCUT2D eigenvalue weighted by molar-refractivity contribution is 5.31.